The molecule has 1 unspecified atom stereocenters. The van der Waals surface area contributed by atoms with Gasteiger partial charge in [0.05, 0.1) is 18.2 Å². The van der Waals surface area contributed by atoms with Crippen molar-refractivity contribution in [1.29, 1.82) is 0 Å². The van der Waals surface area contributed by atoms with Crippen LogP contribution in [0.3, 0.4) is 0 Å². The molecule has 1 aliphatic heterocycles. The van der Waals surface area contributed by atoms with Gasteiger partial charge >= 0.3 is 7.12 Å². The average molecular weight is 358 g/mol. The van der Waals surface area contributed by atoms with Crippen LogP contribution in [0.15, 0.2) is 36.9 Å². The minimum Gasteiger partial charge on any atom is -0.426 e. The van der Waals surface area contributed by atoms with Gasteiger partial charge in [0.15, 0.2) is 0 Å². The zero-order valence-corrected chi connectivity index (χ0v) is 13.9. The summed E-state index contributed by atoms with van der Waals surface area (Å²) in [5, 5.41) is 25.1. The Bertz CT molecular complexity index is 752. The van der Waals surface area contributed by atoms with Crippen LogP contribution in [0.1, 0.15) is 23.2 Å². The van der Waals surface area contributed by atoms with E-state index in [1.807, 2.05) is 0 Å². The summed E-state index contributed by atoms with van der Waals surface area (Å²) in [5.74, 6) is -1.33. The normalized spacial score (nSPS) is 16.4. The van der Waals surface area contributed by atoms with Crippen LogP contribution < -0.4 is 10.7 Å². The summed E-state index contributed by atoms with van der Waals surface area (Å²) in [7, 11) is -1.57. The number of nitrogens with zero attached hydrogens (tertiary/aromatic N) is 4. The molecule has 2 amide bonds. The molecule has 1 aliphatic rings. The van der Waals surface area contributed by atoms with E-state index in [0.717, 1.165) is 5.69 Å². The first kappa shape index (κ1) is 17.9. The van der Waals surface area contributed by atoms with Crippen molar-refractivity contribution in [3.05, 3.63) is 42.5 Å². The highest BCUT2D eigenvalue weighted by Crippen LogP contribution is 2.17. The number of benzene rings is 1. The molecule has 136 valence electrons. The fourth-order valence-electron chi connectivity index (χ4n) is 2.87. The molecule has 10 nitrogen and oxygen atoms in total. The smallest absolute Gasteiger partial charge is 0.426 e. The summed E-state index contributed by atoms with van der Waals surface area (Å²) in [6, 6.07) is 6.65. The van der Waals surface area contributed by atoms with Crippen molar-refractivity contribution in [3.8, 4) is 0 Å². The van der Waals surface area contributed by atoms with E-state index >= 15 is 0 Å². The second-order valence-corrected chi connectivity index (χ2v) is 5.92. The Morgan fingerprint density at radius 2 is 2.04 bits per heavy atom. The van der Waals surface area contributed by atoms with Gasteiger partial charge in [-0.3, -0.25) is 15.0 Å². The van der Waals surface area contributed by atoms with Crippen molar-refractivity contribution in [1.82, 2.24) is 25.1 Å². The highest BCUT2D eigenvalue weighted by molar-refractivity contribution is 6.43. The van der Waals surface area contributed by atoms with E-state index < -0.39 is 13.1 Å². The van der Waals surface area contributed by atoms with Gasteiger partial charge in [-0.2, -0.15) is 4.79 Å². The SMILES string of the molecule is O=C(NCC(=O)N1CCCC1B(O)O)c1ccc(Nn2cncn2)cc1. The standard InChI is InChI=1S/C15H19BN6O4/c23-14(21-7-1-2-13(21)16(25)26)8-18-15(24)11-3-5-12(6-4-11)20-22-10-17-9-19-22/h3-6,9-10,13,20,25-26H,1-2,7-8H2,(H,18,24). The second-order valence-electron chi connectivity index (χ2n) is 5.92. The summed E-state index contributed by atoms with van der Waals surface area (Å²) < 4.78 is 0. The molecule has 0 bridgehead atoms. The van der Waals surface area contributed by atoms with Crippen LogP contribution in [0.2, 0.25) is 0 Å². The maximum absolute atomic E-state index is 12.2. The van der Waals surface area contributed by atoms with Gasteiger partial charge in [-0.1, -0.05) is 0 Å². The van der Waals surface area contributed by atoms with Crippen molar-refractivity contribution in [2.45, 2.75) is 18.8 Å². The number of nitrogens with one attached hydrogen (secondary N) is 2. The van der Waals surface area contributed by atoms with Crippen LogP contribution in [0.4, 0.5) is 5.69 Å². The van der Waals surface area contributed by atoms with Crippen LogP contribution in [0.25, 0.3) is 0 Å². The fraction of sp³-hybridized carbons (Fsp3) is 0.333. The molecule has 0 radical (unpaired) electrons. The van der Waals surface area contributed by atoms with E-state index in [1.165, 1.54) is 22.3 Å². The Morgan fingerprint density at radius 3 is 2.69 bits per heavy atom. The van der Waals surface area contributed by atoms with Crippen LogP contribution >= 0.6 is 0 Å². The molecule has 1 aromatic carbocycles. The number of anilines is 1. The van der Waals surface area contributed by atoms with E-state index in [9.17, 15) is 19.6 Å². The molecule has 1 fully saturated rings. The molecular weight excluding hydrogens is 339 g/mol. The molecule has 1 saturated heterocycles. The number of aromatic nitrogens is 3. The van der Waals surface area contributed by atoms with Gasteiger partial charge in [-0.25, -0.2) is 4.98 Å². The fourth-order valence-corrected chi connectivity index (χ4v) is 2.87. The summed E-state index contributed by atoms with van der Waals surface area (Å²) in [5.41, 5.74) is 4.08. The van der Waals surface area contributed by atoms with E-state index in [0.29, 0.717) is 24.9 Å². The molecule has 2 aromatic rings. The van der Waals surface area contributed by atoms with Gasteiger partial charge in [0.1, 0.15) is 12.7 Å². The molecule has 4 N–H and O–H groups in total. The number of rotatable bonds is 6. The van der Waals surface area contributed by atoms with Gasteiger partial charge in [0.25, 0.3) is 5.91 Å². The Kier molecular flexibility index (Phi) is 5.49. The molecule has 3 rings (SSSR count). The number of hydrogen-bond donors (Lipinski definition) is 4. The lowest BCUT2D eigenvalue weighted by Crippen LogP contribution is -2.48. The third kappa shape index (κ3) is 4.18. The van der Waals surface area contributed by atoms with Crippen molar-refractivity contribution in [2.75, 3.05) is 18.5 Å². The van der Waals surface area contributed by atoms with E-state index in [4.69, 9.17) is 0 Å². The Morgan fingerprint density at radius 1 is 1.27 bits per heavy atom. The third-order valence-corrected chi connectivity index (χ3v) is 4.17. The van der Waals surface area contributed by atoms with Crippen LogP contribution in [0, 0.1) is 0 Å². The highest BCUT2D eigenvalue weighted by Gasteiger charge is 2.36. The lowest BCUT2D eigenvalue weighted by Gasteiger charge is -2.24. The molecule has 1 aromatic heterocycles. The summed E-state index contributed by atoms with van der Waals surface area (Å²) >= 11 is 0. The van der Waals surface area contributed by atoms with Gasteiger partial charge in [0.2, 0.25) is 5.91 Å². The Balaban J connectivity index is 1.52. The average Bonchev–Trinajstić information content (AvgIpc) is 3.31. The number of carbonyl (C=O) groups is 2. The van der Waals surface area contributed by atoms with E-state index in [2.05, 4.69) is 20.8 Å². The van der Waals surface area contributed by atoms with Gasteiger partial charge in [-0.15, -0.1) is 5.10 Å². The minimum absolute atomic E-state index is 0.193. The predicted octanol–water partition coefficient (Wildman–Crippen LogP) is -1.11. The first-order chi connectivity index (χ1) is 12.5. The Labute approximate surface area is 149 Å². The van der Waals surface area contributed by atoms with Gasteiger partial charge in [-0.05, 0) is 37.1 Å². The molecule has 0 spiro atoms. The molecule has 11 heteroatoms. The molecule has 0 aliphatic carbocycles. The number of likely N-dealkylation sites (tertiary alicyclic amines) is 1. The quantitative estimate of drug-likeness (QED) is 0.481. The lowest BCUT2D eigenvalue weighted by molar-refractivity contribution is -0.130. The molecule has 2 heterocycles. The van der Waals surface area contributed by atoms with Crippen molar-refractivity contribution >= 4 is 24.6 Å². The summed E-state index contributed by atoms with van der Waals surface area (Å²) in [6.45, 7) is 0.265. The number of amides is 2. The van der Waals surface area contributed by atoms with Crippen LogP contribution in [-0.2, 0) is 4.79 Å². The molecule has 0 saturated carbocycles. The molecular formula is C15H19BN6O4. The molecule has 26 heavy (non-hydrogen) atoms. The highest BCUT2D eigenvalue weighted by atomic mass is 16.4. The van der Waals surface area contributed by atoms with Crippen molar-refractivity contribution in [2.24, 2.45) is 0 Å². The molecule has 1 atom stereocenters. The monoisotopic (exact) mass is 358 g/mol. The van der Waals surface area contributed by atoms with E-state index in [1.54, 1.807) is 24.3 Å². The van der Waals surface area contributed by atoms with Crippen molar-refractivity contribution in [3.63, 3.8) is 0 Å². The van der Waals surface area contributed by atoms with E-state index in [-0.39, 0.29) is 18.4 Å². The van der Waals surface area contributed by atoms with Gasteiger partial charge in [0, 0.05) is 12.1 Å². The first-order valence-electron chi connectivity index (χ1n) is 8.20. The second kappa shape index (κ2) is 7.98. The predicted molar refractivity (Wildman–Crippen MR) is 92.7 cm³/mol. The lowest BCUT2D eigenvalue weighted by atomic mass is 9.78. The summed E-state index contributed by atoms with van der Waals surface area (Å²) in [4.78, 5) is 31.0. The largest absolute Gasteiger partial charge is 0.475 e. The summed E-state index contributed by atoms with van der Waals surface area (Å²) in [6.07, 6.45) is 4.15. The van der Waals surface area contributed by atoms with Crippen molar-refractivity contribution < 1.29 is 19.6 Å². The van der Waals surface area contributed by atoms with Gasteiger partial charge < -0.3 is 20.3 Å². The van der Waals surface area contributed by atoms with Crippen LogP contribution in [-0.4, -0.2) is 67.8 Å². The Hall–Kier alpha value is -2.92. The topological polar surface area (TPSA) is 133 Å². The maximum atomic E-state index is 12.2. The maximum Gasteiger partial charge on any atom is 0.475 e. The first-order valence-corrected chi connectivity index (χ1v) is 8.20. The zero-order chi connectivity index (χ0) is 18.5. The minimum atomic E-state index is -1.57. The zero-order valence-electron chi connectivity index (χ0n) is 13.9. The van der Waals surface area contributed by atoms with Crippen LogP contribution in [0.5, 0.6) is 0 Å². The third-order valence-electron chi connectivity index (χ3n) is 4.17. The number of hydrogen-bond acceptors (Lipinski definition) is 7. The number of carbonyl (C=O) groups excluding carboxylic acids is 2.